The van der Waals surface area contributed by atoms with E-state index in [0.29, 0.717) is 47.6 Å². The van der Waals surface area contributed by atoms with Crippen molar-refractivity contribution in [3.05, 3.63) is 62.0 Å². The van der Waals surface area contributed by atoms with E-state index in [2.05, 4.69) is 5.32 Å². The van der Waals surface area contributed by atoms with Gasteiger partial charge in [-0.2, -0.15) is 0 Å². The van der Waals surface area contributed by atoms with Gasteiger partial charge in [-0.1, -0.05) is 23.7 Å². The maximum Gasteiger partial charge on any atom is 0.338 e. The van der Waals surface area contributed by atoms with Gasteiger partial charge in [0.2, 0.25) is 0 Å². The summed E-state index contributed by atoms with van der Waals surface area (Å²) in [6.07, 6.45) is 0. The molecule has 1 amide bonds. The molecule has 33 heavy (non-hydrogen) atoms. The van der Waals surface area contributed by atoms with Crippen LogP contribution in [-0.2, 0) is 9.47 Å². The largest absolute Gasteiger partial charge is 0.462 e. The van der Waals surface area contributed by atoms with Crippen LogP contribution in [-0.4, -0.2) is 49.7 Å². The summed E-state index contributed by atoms with van der Waals surface area (Å²) < 4.78 is 10.8. The zero-order valence-corrected chi connectivity index (χ0v) is 19.2. The van der Waals surface area contributed by atoms with E-state index >= 15 is 0 Å². The van der Waals surface area contributed by atoms with Crippen molar-refractivity contribution in [2.24, 2.45) is 0 Å². The van der Waals surface area contributed by atoms with Crippen LogP contribution in [0.3, 0.4) is 0 Å². The first kappa shape index (κ1) is 23.0. The quantitative estimate of drug-likeness (QED) is 0.302. The molecule has 1 aromatic heterocycles. The molecule has 4 rings (SSSR count). The molecule has 1 fully saturated rings. The minimum atomic E-state index is -0.522. The van der Waals surface area contributed by atoms with E-state index in [4.69, 9.17) is 21.1 Å². The molecule has 172 valence electrons. The average Bonchev–Trinajstić information content (AvgIpc) is 3.16. The minimum Gasteiger partial charge on any atom is -0.462 e. The molecule has 11 heteroatoms. The number of nitro benzene ring substituents is 1. The molecule has 0 aliphatic carbocycles. The number of morpholine rings is 1. The predicted molar refractivity (Wildman–Crippen MR) is 127 cm³/mol. The molecule has 2 heterocycles. The van der Waals surface area contributed by atoms with Crippen molar-refractivity contribution in [1.82, 2.24) is 0 Å². The first-order valence-electron chi connectivity index (χ1n) is 10.2. The lowest BCUT2D eigenvalue weighted by Crippen LogP contribution is -2.36. The highest BCUT2D eigenvalue weighted by atomic mass is 35.5. The van der Waals surface area contributed by atoms with Crippen LogP contribution in [0.4, 0.5) is 17.1 Å². The van der Waals surface area contributed by atoms with Crippen molar-refractivity contribution in [3.8, 4) is 0 Å². The second-order valence-electron chi connectivity index (χ2n) is 7.16. The first-order valence-corrected chi connectivity index (χ1v) is 11.4. The maximum absolute atomic E-state index is 13.2. The molecule has 0 unspecified atom stereocenters. The van der Waals surface area contributed by atoms with Gasteiger partial charge in [-0.25, -0.2) is 4.79 Å². The van der Waals surface area contributed by atoms with E-state index in [0.717, 1.165) is 17.0 Å². The highest BCUT2D eigenvalue weighted by Crippen LogP contribution is 2.41. The van der Waals surface area contributed by atoms with E-state index in [1.54, 1.807) is 31.2 Å². The highest BCUT2D eigenvalue weighted by Gasteiger charge is 2.25. The number of thiophene rings is 1. The van der Waals surface area contributed by atoms with Crippen molar-refractivity contribution in [2.45, 2.75) is 6.92 Å². The number of hydrogen-bond donors (Lipinski definition) is 1. The second-order valence-corrected chi connectivity index (χ2v) is 8.56. The second kappa shape index (κ2) is 9.74. The van der Waals surface area contributed by atoms with Crippen LogP contribution in [0, 0.1) is 10.1 Å². The lowest BCUT2D eigenvalue weighted by Gasteiger charge is -2.30. The molecular weight excluding hydrogens is 470 g/mol. The molecule has 0 spiro atoms. The van der Waals surface area contributed by atoms with Gasteiger partial charge in [0.1, 0.15) is 9.58 Å². The Morgan fingerprint density at radius 2 is 2.03 bits per heavy atom. The van der Waals surface area contributed by atoms with Gasteiger partial charge in [-0.15, -0.1) is 11.3 Å². The summed E-state index contributed by atoms with van der Waals surface area (Å²) in [4.78, 5) is 38.5. The van der Waals surface area contributed by atoms with Gasteiger partial charge in [0.05, 0.1) is 46.7 Å². The molecule has 9 nitrogen and oxygen atoms in total. The Balaban J connectivity index is 1.72. The van der Waals surface area contributed by atoms with Crippen molar-refractivity contribution >= 4 is 62.0 Å². The lowest BCUT2D eigenvalue weighted by atomic mass is 10.1. The van der Waals surface area contributed by atoms with Crippen LogP contribution < -0.4 is 10.2 Å². The number of halogens is 1. The number of nitrogens with zero attached hydrogens (tertiary/aromatic N) is 2. The molecule has 0 atom stereocenters. The number of carbonyl (C=O) groups is 2. The van der Waals surface area contributed by atoms with E-state index in [1.807, 2.05) is 4.90 Å². The third-order valence-corrected chi connectivity index (χ3v) is 6.88. The number of carbonyl (C=O) groups excluding carboxylic acids is 2. The Hall–Kier alpha value is -3.21. The van der Waals surface area contributed by atoms with Crippen LogP contribution in [0.15, 0.2) is 36.4 Å². The van der Waals surface area contributed by atoms with Crippen LogP contribution in [0.25, 0.3) is 10.1 Å². The highest BCUT2D eigenvalue weighted by molar-refractivity contribution is 7.22. The molecule has 1 aliphatic rings. The molecule has 1 N–H and O–H groups in total. The van der Waals surface area contributed by atoms with E-state index in [-0.39, 0.29) is 22.2 Å². The smallest absolute Gasteiger partial charge is 0.338 e. The molecule has 0 saturated carbocycles. The van der Waals surface area contributed by atoms with Gasteiger partial charge >= 0.3 is 5.97 Å². The molecule has 1 saturated heterocycles. The van der Waals surface area contributed by atoms with Gasteiger partial charge in [0.15, 0.2) is 0 Å². The van der Waals surface area contributed by atoms with Crippen LogP contribution >= 0.6 is 22.9 Å². The fourth-order valence-corrected chi connectivity index (χ4v) is 5.09. The summed E-state index contributed by atoms with van der Waals surface area (Å²) in [7, 11) is 0. The van der Waals surface area contributed by atoms with E-state index in [9.17, 15) is 19.7 Å². The predicted octanol–water partition coefficient (Wildman–Crippen LogP) is 4.73. The van der Waals surface area contributed by atoms with Gasteiger partial charge in [0, 0.05) is 24.5 Å². The fourth-order valence-electron chi connectivity index (χ4n) is 3.60. The van der Waals surface area contributed by atoms with Crippen LogP contribution in [0.5, 0.6) is 0 Å². The number of benzene rings is 2. The third-order valence-electron chi connectivity index (χ3n) is 5.14. The number of anilines is 2. The number of fused-ring (bicyclic) bond motifs is 1. The topological polar surface area (TPSA) is 111 Å². The van der Waals surface area contributed by atoms with Gasteiger partial charge in [-0.3, -0.25) is 14.9 Å². The number of nitro groups is 1. The Bertz CT molecular complexity index is 1240. The number of nitrogens with one attached hydrogen (secondary N) is 1. The minimum absolute atomic E-state index is 0.114. The molecule has 0 radical (unpaired) electrons. The fraction of sp³-hybridized carbons (Fsp3) is 0.273. The number of ether oxygens (including phenoxy) is 2. The molecule has 1 aliphatic heterocycles. The standard InChI is InChI=1S/C22H20ClN3O6S/c1-2-32-22(28)13-6-7-16(25-8-10-31-11-9-25)15(12-13)24-21(27)20-18(23)14-4-3-5-17(26(29)30)19(14)33-20/h3-7,12H,2,8-11H2,1H3,(H,24,27). The summed E-state index contributed by atoms with van der Waals surface area (Å²) in [5.74, 6) is -1.02. The van der Waals surface area contributed by atoms with Gasteiger partial charge < -0.3 is 19.7 Å². The van der Waals surface area contributed by atoms with Crippen molar-refractivity contribution < 1.29 is 24.0 Å². The van der Waals surface area contributed by atoms with E-state index in [1.165, 1.54) is 12.1 Å². The average molecular weight is 490 g/mol. The third kappa shape index (κ3) is 4.63. The normalized spacial score (nSPS) is 13.7. The number of rotatable bonds is 6. The van der Waals surface area contributed by atoms with Gasteiger partial charge in [-0.05, 0) is 25.1 Å². The summed E-state index contributed by atoms with van der Waals surface area (Å²) >= 11 is 7.39. The molecule has 2 aromatic carbocycles. The monoisotopic (exact) mass is 489 g/mol. The summed E-state index contributed by atoms with van der Waals surface area (Å²) in [6, 6.07) is 9.50. The molecule has 0 bridgehead atoms. The summed E-state index contributed by atoms with van der Waals surface area (Å²) in [6.45, 7) is 4.26. The van der Waals surface area contributed by atoms with Gasteiger partial charge in [0.25, 0.3) is 11.6 Å². The Kier molecular flexibility index (Phi) is 6.77. The summed E-state index contributed by atoms with van der Waals surface area (Å²) in [5.41, 5.74) is 1.32. The first-order chi connectivity index (χ1) is 15.9. The summed E-state index contributed by atoms with van der Waals surface area (Å²) in [5, 5.41) is 14.8. The van der Waals surface area contributed by atoms with Crippen LogP contribution in [0.1, 0.15) is 27.0 Å². The zero-order chi connectivity index (χ0) is 23.5. The van der Waals surface area contributed by atoms with Crippen molar-refractivity contribution in [1.29, 1.82) is 0 Å². The van der Waals surface area contributed by atoms with Crippen molar-refractivity contribution in [3.63, 3.8) is 0 Å². The lowest BCUT2D eigenvalue weighted by molar-refractivity contribution is -0.382. The number of hydrogen-bond acceptors (Lipinski definition) is 8. The number of non-ortho nitro benzene ring substituents is 1. The molecule has 3 aromatic rings. The Morgan fingerprint density at radius 3 is 2.73 bits per heavy atom. The Morgan fingerprint density at radius 1 is 1.27 bits per heavy atom. The van der Waals surface area contributed by atoms with Crippen molar-refractivity contribution in [2.75, 3.05) is 43.1 Å². The Labute approximate surface area is 198 Å². The molecular formula is C22H20ClN3O6S. The van der Waals surface area contributed by atoms with Crippen LogP contribution in [0.2, 0.25) is 5.02 Å². The van der Waals surface area contributed by atoms with E-state index < -0.39 is 16.8 Å². The SMILES string of the molecule is CCOC(=O)c1ccc(N2CCOCC2)c(NC(=O)c2sc3c([N+](=O)[O-])cccc3c2Cl)c1. The number of esters is 1. The maximum atomic E-state index is 13.2. The zero-order valence-electron chi connectivity index (χ0n) is 17.6. The number of amides is 1.